The third kappa shape index (κ3) is 6.67. The number of aliphatic hydroxyl groups excluding tert-OH is 1. The number of carbonyl (C=O) groups is 1. The first-order valence-electron chi connectivity index (χ1n) is 7.98. The number of aryl methyl sites for hydroxylation is 2. The number of amides is 1. The highest BCUT2D eigenvalue weighted by molar-refractivity contribution is 5.95. The Labute approximate surface area is 144 Å². The Morgan fingerprint density at radius 2 is 1.96 bits per heavy atom. The molecule has 0 saturated heterocycles. The summed E-state index contributed by atoms with van der Waals surface area (Å²) in [6.07, 6.45) is -0.365. The maximum Gasteiger partial charge on any atom is 0.241 e. The van der Waals surface area contributed by atoms with Gasteiger partial charge in [-0.1, -0.05) is 6.07 Å². The third-order valence-corrected chi connectivity index (χ3v) is 3.55. The maximum absolute atomic E-state index is 12.7. The van der Waals surface area contributed by atoms with E-state index in [9.17, 15) is 9.90 Å². The second-order valence-electron chi connectivity index (χ2n) is 6.11. The quantitative estimate of drug-likeness (QED) is 0.741. The molecule has 0 fully saturated rings. The van der Waals surface area contributed by atoms with E-state index in [0.29, 0.717) is 13.1 Å². The molecule has 0 spiro atoms. The minimum atomic E-state index is -0.637. The first kappa shape index (κ1) is 20.1. The Hall–Kier alpha value is -1.94. The Kier molecular flexibility index (Phi) is 8.41. The zero-order valence-electron chi connectivity index (χ0n) is 15.0. The molecule has 1 rings (SSSR count). The van der Waals surface area contributed by atoms with Crippen molar-refractivity contribution in [2.24, 2.45) is 0 Å². The minimum absolute atomic E-state index is 0.0950. The molecule has 0 saturated carbocycles. The van der Waals surface area contributed by atoms with Crippen LogP contribution in [0.3, 0.4) is 0 Å². The molecule has 1 unspecified atom stereocenters. The highest BCUT2D eigenvalue weighted by atomic mass is 16.5. The van der Waals surface area contributed by atoms with Crippen molar-refractivity contribution in [1.82, 2.24) is 4.90 Å². The second kappa shape index (κ2) is 10.0. The van der Waals surface area contributed by atoms with Crippen LogP contribution in [0.15, 0.2) is 18.2 Å². The summed E-state index contributed by atoms with van der Waals surface area (Å²) in [4.78, 5) is 16.1. The van der Waals surface area contributed by atoms with Crippen molar-refractivity contribution in [3.63, 3.8) is 0 Å². The van der Waals surface area contributed by atoms with Crippen LogP contribution in [-0.2, 0) is 9.53 Å². The SMILES string of the molecule is COCC(O)CN(C)CC(=O)N(CCC#N)c1cc(C)cc(C)c1. The average molecular weight is 333 g/mol. The smallest absolute Gasteiger partial charge is 0.241 e. The molecule has 1 aromatic rings. The molecule has 0 aliphatic rings. The van der Waals surface area contributed by atoms with Crippen LogP contribution in [0, 0.1) is 25.2 Å². The number of anilines is 1. The molecule has 1 aromatic carbocycles. The number of methoxy groups -OCH3 is 1. The monoisotopic (exact) mass is 333 g/mol. The molecule has 6 heteroatoms. The van der Waals surface area contributed by atoms with Crippen LogP contribution in [0.4, 0.5) is 5.69 Å². The number of benzene rings is 1. The van der Waals surface area contributed by atoms with E-state index in [1.807, 2.05) is 32.0 Å². The predicted octanol–water partition coefficient (Wildman–Crippen LogP) is 1.49. The van der Waals surface area contributed by atoms with E-state index in [2.05, 4.69) is 6.07 Å². The summed E-state index contributed by atoms with van der Waals surface area (Å²) in [5.41, 5.74) is 2.95. The van der Waals surface area contributed by atoms with Gasteiger partial charge in [0.05, 0.1) is 31.7 Å². The van der Waals surface area contributed by atoms with Crippen LogP contribution in [-0.4, -0.2) is 62.4 Å². The molecule has 0 aliphatic carbocycles. The van der Waals surface area contributed by atoms with E-state index >= 15 is 0 Å². The molecule has 0 bridgehead atoms. The number of aliphatic hydroxyl groups is 1. The largest absolute Gasteiger partial charge is 0.389 e. The van der Waals surface area contributed by atoms with Crippen LogP contribution < -0.4 is 4.90 Å². The Morgan fingerprint density at radius 3 is 2.50 bits per heavy atom. The molecular formula is C18H27N3O3. The normalized spacial score (nSPS) is 12.0. The summed E-state index contributed by atoms with van der Waals surface area (Å²) in [7, 11) is 3.30. The van der Waals surface area contributed by atoms with Crippen LogP contribution >= 0.6 is 0 Å². The number of ether oxygens (including phenoxy) is 1. The molecule has 0 radical (unpaired) electrons. The summed E-state index contributed by atoms with van der Waals surface area (Å²) in [5.74, 6) is -0.0950. The van der Waals surface area contributed by atoms with Crippen molar-refractivity contribution in [3.8, 4) is 6.07 Å². The van der Waals surface area contributed by atoms with Gasteiger partial charge in [0.2, 0.25) is 5.91 Å². The van der Waals surface area contributed by atoms with E-state index < -0.39 is 6.10 Å². The van der Waals surface area contributed by atoms with Gasteiger partial charge >= 0.3 is 0 Å². The first-order chi connectivity index (χ1) is 11.4. The van der Waals surface area contributed by atoms with Crippen molar-refractivity contribution in [2.75, 3.05) is 45.3 Å². The molecule has 24 heavy (non-hydrogen) atoms. The molecule has 1 atom stereocenters. The molecule has 132 valence electrons. The van der Waals surface area contributed by atoms with E-state index in [0.717, 1.165) is 16.8 Å². The lowest BCUT2D eigenvalue weighted by molar-refractivity contribution is -0.119. The van der Waals surface area contributed by atoms with Gasteiger partial charge in [0.1, 0.15) is 0 Å². The van der Waals surface area contributed by atoms with Crippen LogP contribution in [0.1, 0.15) is 17.5 Å². The van der Waals surface area contributed by atoms with Gasteiger partial charge < -0.3 is 14.7 Å². The number of rotatable bonds is 9. The maximum atomic E-state index is 12.7. The summed E-state index contributed by atoms with van der Waals surface area (Å²) < 4.78 is 4.90. The summed E-state index contributed by atoms with van der Waals surface area (Å²) in [6, 6.07) is 8.03. The number of hydrogen-bond donors (Lipinski definition) is 1. The van der Waals surface area contributed by atoms with E-state index in [-0.39, 0.29) is 25.5 Å². The van der Waals surface area contributed by atoms with Crippen LogP contribution in [0.2, 0.25) is 0 Å². The van der Waals surface area contributed by atoms with Gasteiger partial charge in [-0.05, 0) is 44.2 Å². The number of likely N-dealkylation sites (N-methyl/N-ethyl adjacent to an activating group) is 1. The van der Waals surface area contributed by atoms with Crippen LogP contribution in [0.5, 0.6) is 0 Å². The first-order valence-corrected chi connectivity index (χ1v) is 7.98. The van der Waals surface area contributed by atoms with Gasteiger partial charge in [0, 0.05) is 25.9 Å². The van der Waals surface area contributed by atoms with E-state index in [1.165, 1.54) is 7.11 Å². The Balaban J connectivity index is 2.83. The summed E-state index contributed by atoms with van der Waals surface area (Å²) >= 11 is 0. The number of nitrogens with zero attached hydrogens (tertiary/aromatic N) is 3. The average Bonchev–Trinajstić information content (AvgIpc) is 2.46. The number of hydrogen-bond acceptors (Lipinski definition) is 5. The fourth-order valence-corrected chi connectivity index (χ4v) is 2.65. The Bertz CT molecular complexity index is 563. The number of nitriles is 1. The molecule has 1 N–H and O–H groups in total. The van der Waals surface area contributed by atoms with E-state index in [1.54, 1.807) is 16.8 Å². The highest BCUT2D eigenvalue weighted by Gasteiger charge is 2.19. The van der Waals surface area contributed by atoms with Crippen molar-refractivity contribution >= 4 is 11.6 Å². The standard InChI is InChI=1S/C18H27N3O3/c1-14-8-15(2)10-16(9-14)21(7-5-6-19)18(23)12-20(3)11-17(22)13-24-4/h8-10,17,22H,5,7,11-13H2,1-4H3. The Morgan fingerprint density at radius 1 is 1.33 bits per heavy atom. The van der Waals surface area contributed by atoms with Gasteiger partial charge in [0.15, 0.2) is 0 Å². The lowest BCUT2D eigenvalue weighted by Crippen LogP contribution is -2.42. The minimum Gasteiger partial charge on any atom is -0.389 e. The zero-order chi connectivity index (χ0) is 18.1. The van der Waals surface area contributed by atoms with Crippen LogP contribution in [0.25, 0.3) is 0 Å². The summed E-state index contributed by atoms with van der Waals surface area (Å²) in [6.45, 7) is 5.06. The fourth-order valence-electron chi connectivity index (χ4n) is 2.65. The predicted molar refractivity (Wildman–Crippen MR) is 93.9 cm³/mol. The van der Waals surface area contributed by atoms with Crippen molar-refractivity contribution in [1.29, 1.82) is 5.26 Å². The van der Waals surface area contributed by atoms with Gasteiger partial charge in [-0.25, -0.2) is 0 Å². The fraction of sp³-hybridized carbons (Fsp3) is 0.556. The van der Waals surface area contributed by atoms with Gasteiger partial charge in [-0.3, -0.25) is 9.69 Å². The second-order valence-corrected chi connectivity index (χ2v) is 6.11. The topological polar surface area (TPSA) is 76.8 Å². The molecular weight excluding hydrogens is 306 g/mol. The molecule has 1 amide bonds. The molecule has 0 heterocycles. The van der Waals surface area contributed by atoms with Gasteiger partial charge in [-0.15, -0.1) is 0 Å². The lowest BCUT2D eigenvalue weighted by Gasteiger charge is -2.26. The highest BCUT2D eigenvalue weighted by Crippen LogP contribution is 2.19. The third-order valence-electron chi connectivity index (χ3n) is 3.55. The van der Waals surface area contributed by atoms with Gasteiger partial charge in [0.25, 0.3) is 0 Å². The molecule has 6 nitrogen and oxygen atoms in total. The van der Waals surface area contributed by atoms with Crippen molar-refractivity contribution in [3.05, 3.63) is 29.3 Å². The van der Waals surface area contributed by atoms with Crippen molar-refractivity contribution in [2.45, 2.75) is 26.4 Å². The lowest BCUT2D eigenvalue weighted by atomic mass is 10.1. The summed E-state index contributed by atoms with van der Waals surface area (Å²) in [5, 5.41) is 18.6. The van der Waals surface area contributed by atoms with E-state index in [4.69, 9.17) is 10.00 Å². The number of carbonyl (C=O) groups excluding carboxylic acids is 1. The molecule has 0 aromatic heterocycles. The molecule has 0 aliphatic heterocycles. The van der Waals surface area contributed by atoms with Gasteiger partial charge in [-0.2, -0.15) is 5.26 Å². The van der Waals surface area contributed by atoms with Crippen molar-refractivity contribution < 1.29 is 14.6 Å². The zero-order valence-corrected chi connectivity index (χ0v) is 15.0.